The van der Waals surface area contributed by atoms with Crippen molar-refractivity contribution in [2.24, 2.45) is 0 Å². The van der Waals surface area contributed by atoms with Gasteiger partial charge in [-0.25, -0.2) is 4.39 Å². The minimum absolute atomic E-state index is 0.249. The molecular weight excluding hydrogens is 283 g/mol. The maximum Gasteiger partial charge on any atom is 0.156 e. The van der Waals surface area contributed by atoms with Gasteiger partial charge in [0.05, 0.1) is 0 Å². The van der Waals surface area contributed by atoms with Crippen LogP contribution in [0.5, 0.6) is 5.75 Å². The number of para-hydroxylation sites is 1. The first-order chi connectivity index (χ1) is 8.22. The normalized spacial score (nSPS) is 14.3. The van der Waals surface area contributed by atoms with E-state index in [0.29, 0.717) is 12.8 Å². The molecule has 0 aliphatic carbocycles. The molecule has 0 aliphatic rings. The highest BCUT2D eigenvalue weighted by molar-refractivity contribution is 9.09. The predicted octanol–water partition coefficient (Wildman–Crippen LogP) is 5.09. The van der Waals surface area contributed by atoms with Crippen molar-refractivity contribution < 1.29 is 9.13 Å². The standard InChI is InChI=1S/C14H20BrFO/c1-2-3-5-8-12(16)11-14(15)17-13-9-6-4-7-10-13/h4,6-7,9-10,12,14H,2-3,5,8,11H2,1H3. The van der Waals surface area contributed by atoms with Gasteiger partial charge in [0.1, 0.15) is 11.9 Å². The van der Waals surface area contributed by atoms with Gasteiger partial charge in [-0.05, 0) is 34.5 Å². The molecule has 2 atom stereocenters. The summed E-state index contributed by atoms with van der Waals surface area (Å²) < 4.78 is 19.1. The predicted molar refractivity (Wildman–Crippen MR) is 73.4 cm³/mol. The second-order valence-electron chi connectivity index (χ2n) is 4.17. The Labute approximate surface area is 111 Å². The molecule has 1 nitrogen and oxygen atoms in total. The van der Waals surface area contributed by atoms with E-state index in [1.165, 1.54) is 0 Å². The molecule has 2 unspecified atom stereocenters. The third kappa shape index (κ3) is 6.67. The molecule has 0 bridgehead atoms. The second-order valence-corrected chi connectivity index (χ2v) is 5.19. The van der Waals surface area contributed by atoms with Crippen LogP contribution in [0, 0.1) is 0 Å². The lowest BCUT2D eigenvalue weighted by molar-refractivity contribution is 0.206. The van der Waals surface area contributed by atoms with E-state index in [4.69, 9.17) is 4.74 Å². The Kier molecular flexibility index (Phi) is 7.25. The van der Waals surface area contributed by atoms with Gasteiger partial charge >= 0.3 is 0 Å². The average molecular weight is 303 g/mol. The molecule has 1 aromatic carbocycles. The quantitative estimate of drug-likeness (QED) is 0.480. The first kappa shape index (κ1) is 14.5. The summed E-state index contributed by atoms with van der Waals surface area (Å²) in [6.45, 7) is 2.12. The summed E-state index contributed by atoms with van der Waals surface area (Å²) in [6.07, 6.45) is 3.45. The third-order valence-electron chi connectivity index (χ3n) is 2.57. The Hall–Kier alpha value is -0.570. The van der Waals surface area contributed by atoms with Gasteiger partial charge in [0.25, 0.3) is 0 Å². The molecule has 0 spiro atoms. The van der Waals surface area contributed by atoms with Crippen molar-refractivity contribution in [3.05, 3.63) is 30.3 Å². The SMILES string of the molecule is CCCCCC(F)CC(Br)Oc1ccccc1. The number of hydrogen-bond acceptors (Lipinski definition) is 1. The molecular formula is C14H20BrFO. The summed E-state index contributed by atoms with van der Waals surface area (Å²) in [6, 6.07) is 9.49. The summed E-state index contributed by atoms with van der Waals surface area (Å²) in [7, 11) is 0. The zero-order chi connectivity index (χ0) is 12.5. The Bertz CT molecular complexity index is 292. The largest absolute Gasteiger partial charge is 0.479 e. The number of ether oxygens (including phenoxy) is 1. The van der Waals surface area contributed by atoms with Crippen molar-refractivity contribution in [2.45, 2.75) is 50.2 Å². The monoisotopic (exact) mass is 302 g/mol. The summed E-state index contributed by atoms with van der Waals surface area (Å²) in [5, 5.41) is -0.249. The van der Waals surface area contributed by atoms with Gasteiger partial charge in [-0.3, -0.25) is 0 Å². The number of halogens is 2. The highest BCUT2D eigenvalue weighted by Crippen LogP contribution is 2.20. The molecule has 1 aromatic rings. The van der Waals surface area contributed by atoms with Crippen LogP contribution in [0.1, 0.15) is 39.0 Å². The van der Waals surface area contributed by atoms with Crippen LogP contribution in [0.4, 0.5) is 4.39 Å². The topological polar surface area (TPSA) is 9.23 Å². The molecule has 0 saturated carbocycles. The zero-order valence-corrected chi connectivity index (χ0v) is 11.8. The lowest BCUT2D eigenvalue weighted by Crippen LogP contribution is -2.15. The maximum atomic E-state index is 13.6. The van der Waals surface area contributed by atoms with Crippen LogP contribution in [-0.4, -0.2) is 11.2 Å². The van der Waals surface area contributed by atoms with Gasteiger partial charge in [0.15, 0.2) is 5.01 Å². The molecule has 0 amide bonds. The van der Waals surface area contributed by atoms with Crippen LogP contribution in [0.2, 0.25) is 0 Å². The van der Waals surface area contributed by atoms with Crippen molar-refractivity contribution in [2.75, 3.05) is 0 Å². The molecule has 0 fully saturated rings. The summed E-state index contributed by atoms with van der Waals surface area (Å²) >= 11 is 3.36. The highest BCUT2D eigenvalue weighted by atomic mass is 79.9. The number of hydrogen-bond donors (Lipinski definition) is 0. The van der Waals surface area contributed by atoms with Crippen molar-refractivity contribution in [1.82, 2.24) is 0 Å². The van der Waals surface area contributed by atoms with E-state index in [1.807, 2.05) is 30.3 Å². The Morgan fingerprint density at radius 2 is 1.94 bits per heavy atom. The van der Waals surface area contributed by atoms with E-state index in [1.54, 1.807) is 0 Å². The fraction of sp³-hybridized carbons (Fsp3) is 0.571. The summed E-state index contributed by atoms with van der Waals surface area (Å²) in [5.74, 6) is 0.773. The van der Waals surface area contributed by atoms with Gasteiger partial charge in [0, 0.05) is 6.42 Å². The molecule has 0 heterocycles. The van der Waals surface area contributed by atoms with E-state index in [9.17, 15) is 4.39 Å². The first-order valence-electron chi connectivity index (χ1n) is 6.22. The number of unbranched alkanes of at least 4 members (excludes halogenated alkanes) is 2. The van der Waals surface area contributed by atoms with Gasteiger partial charge < -0.3 is 4.74 Å². The molecule has 0 radical (unpaired) electrons. The van der Waals surface area contributed by atoms with E-state index in [-0.39, 0.29) is 5.01 Å². The Balaban J connectivity index is 2.22. The minimum Gasteiger partial charge on any atom is -0.479 e. The molecule has 0 aliphatic heterocycles. The van der Waals surface area contributed by atoms with Gasteiger partial charge in [-0.15, -0.1) is 0 Å². The van der Waals surface area contributed by atoms with Crippen LogP contribution in [0.15, 0.2) is 30.3 Å². The lowest BCUT2D eigenvalue weighted by atomic mass is 10.1. The summed E-state index contributed by atoms with van der Waals surface area (Å²) in [4.78, 5) is 0. The van der Waals surface area contributed by atoms with Crippen LogP contribution in [0.3, 0.4) is 0 Å². The maximum absolute atomic E-state index is 13.6. The molecule has 17 heavy (non-hydrogen) atoms. The average Bonchev–Trinajstić information content (AvgIpc) is 2.30. The smallest absolute Gasteiger partial charge is 0.156 e. The number of alkyl halides is 2. The highest BCUT2D eigenvalue weighted by Gasteiger charge is 2.14. The minimum atomic E-state index is -0.783. The zero-order valence-electron chi connectivity index (χ0n) is 10.2. The second kappa shape index (κ2) is 8.51. The van der Waals surface area contributed by atoms with Crippen molar-refractivity contribution in [3.63, 3.8) is 0 Å². The lowest BCUT2D eigenvalue weighted by Gasteiger charge is -2.15. The molecule has 0 N–H and O–H groups in total. The van der Waals surface area contributed by atoms with Crippen LogP contribution in [0.25, 0.3) is 0 Å². The van der Waals surface area contributed by atoms with E-state index >= 15 is 0 Å². The number of benzene rings is 1. The van der Waals surface area contributed by atoms with Crippen molar-refractivity contribution in [1.29, 1.82) is 0 Å². The number of rotatable bonds is 8. The third-order valence-corrected chi connectivity index (χ3v) is 3.13. The van der Waals surface area contributed by atoms with E-state index in [2.05, 4.69) is 22.9 Å². The molecule has 1 rings (SSSR count). The Morgan fingerprint density at radius 3 is 2.59 bits per heavy atom. The van der Waals surface area contributed by atoms with Crippen LogP contribution in [-0.2, 0) is 0 Å². The Morgan fingerprint density at radius 1 is 1.24 bits per heavy atom. The van der Waals surface area contributed by atoms with Gasteiger partial charge in [-0.2, -0.15) is 0 Å². The molecule has 96 valence electrons. The van der Waals surface area contributed by atoms with Crippen LogP contribution >= 0.6 is 15.9 Å². The van der Waals surface area contributed by atoms with Crippen molar-refractivity contribution >= 4 is 15.9 Å². The van der Waals surface area contributed by atoms with Gasteiger partial charge in [0.2, 0.25) is 0 Å². The molecule has 0 aromatic heterocycles. The fourth-order valence-corrected chi connectivity index (χ4v) is 2.25. The fourth-order valence-electron chi connectivity index (χ4n) is 1.63. The first-order valence-corrected chi connectivity index (χ1v) is 7.13. The molecule has 0 saturated heterocycles. The molecule has 3 heteroatoms. The van der Waals surface area contributed by atoms with E-state index < -0.39 is 6.17 Å². The van der Waals surface area contributed by atoms with E-state index in [0.717, 1.165) is 25.0 Å². The van der Waals surface area contributed by atoms with Crippen molar-refractivity contribution in [3.8, 4) is 5.75 Å². The van der Waals surface area contributed by atoms with Crippen LogP contribution < -0.4 is 4.74 Å². The summed E-state index contributed by atoms with van der Waals surface area (Å²) in [5.41, 5.74) is 0. The van der Waals surface area contributed by atoms with Gasteiger partial charge in [-0.1, -0.05) is 44.4 Å².